The van der Waals surface area contributed by atoms with E-state index in [4.69, 9.17) is 11.6 Å². The summed E-state index contributed by atoms with van der Waals surface area (Å²) in [5.74, 6) is -0.0231. The van der Waals surface area contributed by atoms with E-state index < -0.39 is 0 Å². The maximum Gasteiger partial charge on any atom is 0.255 e. The lowest BCUT2D eigenvalue weighted by Crippen LogP contribution is -2.38. The molecule has 1 amide bonds. The minimum atomic E-state index is -0.0231. The van der Waals surface area contributed by atoms with Crippen molar-refractivity contribution in [2.75, 3.05) is 20.1 Å². The number of hydrogen-bond donors (Lipinski definition) is 1. The van der Waals surface area contributed by atoms with Crippen molar-refractivity contribution in [3.05, 3.63) is 33.3 Å². The number of halogens is 3. The number of carbonyl (C=O) groups excluding carboxylic acids is 1. The third-order valence-electron chi connectivity index (χ3n) is 3.06. The first-order valence-corrected chi connectivity index (χ1v) is 6.69. The number of rotatable bonds is 2. The minimum absolute atomic E-state index is 0. The van der Waals surface area contributed by atoms with Crippen LogP contribution in [0.3, 0.4) is 0 Å². The van der Waals surface area contributed by atoms with Gasteiger partial charge in [0, 0.05) is 24.1 Å². The summed E-state index contributed by atoms with van der Waals surface area (Å²) in [6.45, 7) is 1.82. The Balaban J connectivity index is 0.00000162. The molecule has 0 saturated carbocycles. The van der Waals surface area contributed by atoms with E-state index in [-0.39, 0.29) is 24.4 Å². The third kappa shape index (κ3) is 3.38. The van der Waals surface area contributed by atoms with Crippen molar-refractivity contribution in [2.45, 2.75) is 12.5 Å². The zero-order valence-electron chi connectivity index (χ0n) is 9.95. The summed E-state index contributed by atoms with van der Waals surface area (Å²) in [4.78, 5) is 14.1. The molecule has 1 unspecified atom stereocenters. The van der Waals surface area contributed by atoms with Crippen LogP contribution in [-0.2, 0) is 0 Å². The van der Waals surface area contributed by atoms with E-state index >= 15 is 0 Å². The molecule has 0 bridgehead atoms. The lowest BCUT2D eigenvalue weighted by atomic mass is 10.1. The first-order valence-electron chi connectivity index (χ1n) is 5.52. The van der Waals surface area contributed by atoms with Crippen LogP contribution in [0.4, 0.5) is 0 Å². The second kappa shape index (κ2) is 6.75. The molecular formula is C12H15BrCl2N2O. The van der Waals surface area contributed by atoms with Gasteiger partial charge in [-0.2, -0.15) is 0 Å². The summed E-state index contributed by atoms with van der Waals surface area (Å²) in [5.41, 5.74) is 0.551. The predicted octanol–water partition coefficient (Wildman–Crippen LogP) is 2.96. The Labute approximate surface area is 126 Å². The molecule has 1 atom stereocenters. The Morgan fingerprint density at radius 3 is 2.89 bits per heavy atom. The van der Waals surface area contributed by atoms with Gasteiger partial charge in [0.15, 0.2) is 0 Å². The highest BCUT2D eigenvalue weighted by Gasteiger charge is 2.25. The van der Waals surface area contributed by atoms with E-state index in [1.54, 1.807) is 17.0 Å². The summed E-state index contributed by atoms with van der Waals surface area (Å²) in [6, 6.07) is 5.59. The van der Waals surface area contributed by atoms with Crippen LogP contribution in [-0.4, -0.2) is 37.0 Å². The normalized spacial score (nSPS) is 18.3. The number of likely N-dealkylation sites (N-methyl/N-ethyl adjacent to an activating group) is 1. The number of nitrogens with one attached hydrogen (secondary N) is 1. The zero-order chi connectivity index (χ0) is 12.4. The van der Waals surface area contributed by atoms with Gasteiger partial charge in [-0.15, -0.1) is 12.4 Å². The maximum absolute atomic E-state index is 12.3. The molecule has 1 saturated heterocycles. The Kier molecular flexibility index (Phi) is 5.92. The van der Waals surface area contributed by atoms with Gasteiger partial charge in [-0.05, 0) is 31.2 Å². The molecule has 0 aromatic heterocycles. The van der Waals surface area contributed by atoms with Gasteiger partial charge in [0.25, 0.3) is 5.91 Å². The monoisotopic (exact) mass is 352 g/mol. The topological polar surface area (TPSA) is 32.3 Å². The first kappa shape index (κ1) is 15.8. The second-order valence-corrected chi connectivity index (χ2v) is 5.51. The molecule has 0 radical (unpaired) electrons. The molecule has 1 aliphatic rings. The van der Waals surface area contributed by atoms with Crippen LogP contribution in [0.1, 0.15) is 16.8 Å². The van der Waals surface area contributed by atoms with Crippen molar-refractivity contribution in [2.24, 2.45) is 0 Å². The number of amides is 1. The average molecular weight is 354 g/mol. The van der Waals surface area contributed by atoms with Crippen molar-refractivity contribution in [1.29, 1.82) is 0 Å². The summed E-state index contributed by atoms with van der Waals surface area (Å²) < 4.78 is 0.864. The van der Waals surface area contributed by atoms with Crippen molar-refractivity contribution in [3.8, 4) is 0 Å². The highest BCUT2D eigenvalue weighted by molar-refractivity contribution is 9.10. The molecular weight excluding hydrogens is 339 g/mol. The number of benzene rings is 1. The quantitative estimate of drug-likeness (QED) is 0.886. The molecule has 3 nitrogen and oxygen atoms in total. The Morgan fingerprint density at radius 2 is 2.28 bits per heavy atom. The van der Waals surface area contributed by atoms with Crippen LogP contribution in [0.2, 0.25) is 5.02 Å². The number of carbonyl (C=O) groups is 1. The van der Waals surface area contributed by atoms with Crippen LogP contribution < -0.4 is 5.32 Å². The fourth-order valence-electron chi connectivity index (χ4n) is 1.99. The minimum Gasteiger partial charge on any atom is -0.337 e. The molecule has 6 heteroatoms. The Morgan fingerprint density at radius 1 is 1.56 bits per heavy atom. The van der Waals surface area contributed by atoms with Gasteiger partial charge in [0.2, 0.25) is 0 Å². The van der Waals surface area contributed by atoms with Gasteiger partial charge >= 0.3 is 0 Å². The molecule has 1 N–H and O–H groups in total. The van der Waals surface area contributed by atoms with Crippen LogP contribution in [0.15, 0.2) is 22.7 Å². The largest absolute Gasteiger partial charge is 0.337 e. The van der Waals surface area contributed by atoms with Gasteiger partial charge < -0.3 is 10.2 Å². The summed E-state index contributed by atoms with van der Waals surface area (Å²) >= 11 is 9.41. The molecule has 1 heterocycles. The van der Waals surface area contributed by atoms with Gasteiger partial charge in [-0.1, -0.05) is 27.5 Å². The Hall–Kier alpha value is -0.290. The van der Waals surface area contributed by atoms with E-state index in [0.29, 0.717) is 10.6 Å². The standard InChI is InChI=1S/C12H14BrClN2O.ClH/c1-16(9-4-5-15-7-9)12(17)10-6-8(13)2-3-11(10)14;/h2-3,6,9,15H,4-5,7H2,1H3;1H. The molecule has 2 rings (SSSR count). The number of hydrogen-bond acceptors (Lipinski definition) is 2. The molecule has 18 heavy (non-hydrogen) atoms. The Bertz CT molecular complexity index is 436. The van der Waals surface area contributed by atoms with Gasteiger partial charge in [0.05, 0.1) is 10.6 Å². The molecule has 1 aromatic carbocycles. The van der Waals surface area contributed by atoms with Gasteiger partial charge in [-0.25, -0.2) is 0 Å². The third-order valence-corrected chi connectivity index (χ3v) is 3.88. The molecule has 0 aliphatic carbocycles. The van der Waals surface area contributed by atoms with Crippen LogP contribution in [0.25, 0.3) is 0 Å². The first-order chi connectivity index (χ1) is 8.09. The summed E-state index contributed by atoms with van der Waals surface area (Å²) in [7, 11) is 1.83. The molecule has 1 fully saturated rings. The molecule has 0 spiro atoms. The van der Waals surface area contributed by atoms with Crippen LogP contribution in [0.5, 0.6) is 0 Å². The molecule has 100 valence electrons. The van der Waals surface area contributed by atoms with Crippen molar-refractivity contribution >= 4 is 45.8 Å². The molecule has 1 aliphatic heterocycles. The van der Waals surface area contributed by atoms with Crippen LogP contribution >= 0.6 is 39.9 Å². The SMILES string of the molecule is CN(C(=O)c1cc(Br)ccc1Cl)C1CCNC1.Cl. The van der Waals surface area contributed by atoms with E-state index in [0.717, 1.165) is 24.0 Å². The van der Waals surface area contributed by atoms with Gasteiger partial charge in [-0.3, -0.25) is 4.79 Å². The predicted molar refractivity (Wildman–Crippen MR) is 79.8 cm³/mol. The maximum atomic E-state index is 12.3. The van der Waals surface area contributed by atoms with E-state index in [1.165, 1.54) is 0 Å². The highest BCUT2D eigenvalue weighted by Crippen LogP contribution is 2.23. The summed E-state index contributed by atoms with van der Waals surface area (Å²) in [6.07, 6.45) is 0.994. The average Bonchev–Trinajstić information content (AvgIpc) is 2.84. The zero-order valence-corrected chi connectivity index (χ0v) is 13.1. The van der Waals surface area contributed by atoms with Gasteiger partial charge in [0.1, 0.15) is 0 Å². The van der Waals surface area contributed by atoms with E-state index in [2.05, 4.69) is 21.2 Å². The summed E-state index contributed by atoms with van der Waals surface area (Å²) in [5, 5.41) is 3.75. The smallest absolute Gasteiger partial charge is 0.255 e. The van der Waals surface area contributed by atoms with Crippen LogP contribution in [0, 0.1) is 0 Å². The second-order valence-electron chi connectivity index (χ2n) is 4.19. The van der Waals surface area contributed by atoms with Crippen molar-refractivity contribution in [3.63, 3.8) is 0 Å². The fourth-order valence-corrected chi connectivity index (χ4v) is 2.55. The lowest BCUT2D eigenvalue weighted by Gasteiger charge is -2.24. The fraction of sp³-hybridized carbons (Fsp3) is 0.417. The van der Waals surface area contributed by atoms with E-state index in [1.807, 2.05) is 13.1 Å². The highest BCUT2D eigenvalue weighted by atomic mass is 79.9. The lowest BCUT2D eigenvalue weighted by molar-refractivity contribution is 0.0744. The van der Waals surface area contributed by atoms with Crippen molar-refractivity contribution < 1.29 is 4.79 Å². The van der Waals surface area contributed by atoms with Crippen molar-refractivity contribution in [1.82, 2.24) is 10.2 Å². The van der Waals surface area contributed by atoms with E-state index in [9.17, 15) is 4.79 Å². The number of nitrogens with zero attached hydrogens (tertiary/aromatic N) is 1. The molecule has 1 aromatic rings.